The average molecular weight is 296 g/mol. The van der Waals surface area contributed by atoms with Gasteiger partial charge >= 0.3 is 0 Å². The van der Waals surface area contributed by atoms with E-state index < -0.39 is 10.0 Å². The first kappa shape index (κ1) is 15.2. The Hall–Kier alpha value is -1.23. The Balaban J connectivity index is 2.03. The first-order chi connectivity index (χ1) is 9.26. The third-order valence-corrected chi connectivity index (χ3v) is 4.64. The Morgan fingerprint density at radius 2 is 1.70 bits per heavy atom. The molecule has 0 heterocycles. The Bertz CT molecular complexity index is 550. The lowest BCUT2D eigenvalue weighted by Crippen LogP contribution is -2.38. The van der Waals surface area contributed by atoms with Gasteiger partial charge in [0.25, 0.3) is 0 Å². The molecule has 0 radical (unpaired) electrons. The molecule has 5 heteroatoms. The summed E-state index contributed by atoms with van der Waals surface area (Å²) in [5.74, 6) is 0. The summed E-state index contributed by atoms with van der Waals surface area (Å²) in [6.45, 7) is 4.62. The van der Waals surface area contributed by atoms with E-state index in [1.165, 1.54) is 25.7 Å². The average Bonchev–Trinajstić information content (AvgIpc) is 2.32. The van der Waals surface area contributed by atoms with Gasteiger partial charge in [0.05, 0.1) is 6.26 Å². The normalized spacial score (nSPS) is 22.2. The maximum absolute atomic E-state index is 11.2. The van der Waals surface area contributed by atoms with Crippen LogP contribution in [0.4, 0.5) is 11.4 Å². The maximum Gasteiger partial charge on any atom is 0.229 e. The zero-order valence-electron chi connectivity index (χ0n) is 12.4. The van der Waals surface area contributed by atoms with Crippen LogP contribution in [0.15, 0.2) is 24.3 Å². The number of hydrogen-bond acceptors (Lipinski definition) is 3. The molecule has 0 amide bonds. The summed E-state index contributed by atoms with van der Waals surface area (Å²) >= 11 is 0. The predicted octanol–water partition coefficient (Wildman–Crippen LogP) is 3.44. The molecule has 0 aromatic heterocycles. The maximum atomic E-state index is 11.2. The van der Waals surface area contributed by atoms with E-state index in [9.17, 15) is 8.42 Å². The second kappa shape index (κ2) is 5.64. The number of anilines is 2. The fraction of sp³-hybridized carbons (Fsp3) is 0.600. The van der Waals surface area contributed by atoms with Crippen LogP contribution in [0.5, 0.6) is 0 Å². The number of benzene rings is 1. The Morgan fingerprint density at radius 1 is 1.10 bits per heavy atom. The molecule has 0 aliphatic heterocycles. The van der Waals surface area contributed by atoms with Gasteiger partial charge in [0, 0.05) is 17.4 Å². The molecule has 1 aliphatic carbocycles. The third-order valence-electron chi connectivity index (χ3n) is 4.04. The van der Waals surface area contributed by atoms with Crippen molar-refractivity contribution in [3.8, 4) is 0 Å². The van der Waals surface area contributed by atoms with Crippen molar-refractivity contribution in [2.45, 2.75) is 45.6 Å². The van der Waals surface area contributed by atoms with Crippen LogP contribution in [-0.4, -0.2) is 20.7 Å². The Kier molecular flexibility index (Phi) is 4.28. The molecular weight excluding hydrogens is 272 g/mol. The lowest BCUT2D eigenvalue weighted by atomic mass is 9.73. The van der Waals surface area contributed by atoms with Crippen molar-refractivity contribution in [1.82, 2.24) is 0 Å². The predicted molar refractivity (Wildman–Crippen MR) is 84.6 cm³/mol. The van der Waals surface area contributed by atoms with E-state index in [-0.39, 0.29) is 0 Å². The van der Waals surface area contributed by atoms with Crippen molar-refractivity contribution >= 4 is 21.4 Å². The van der Waals surface area contributed by atoms with Crippen LogP contribution >= 0.6 is 0 Å². The van der Waals surface area contributed by atoms with Gasteiger partial charge in [0.2, 0.25) is 10.0 Å². The Labute approximate surface area is 122 Å². The minimum absolute atomic E-state index is 0.307. The van der Waals surface area contributed by atoms with E-state index in [2.05, 4.69) is 23.9 Å². The molecule has 2 N–H and O–H groups in total. The van der Waals surface area contributed by atoms with E-state index in [0.717, 1.165) is 11.9 Å². The summed E-state index contributed by atoms with van der Waals surface area (Å²) in [5.41, 5.74) is 1.95. The molecule has 1 aliphatic rings. The zero-order valence-corrected chi connectivity index (χ0v) is 13.3. The molecule has 1 aromatic rings. The van der Waals surface area contributed by atoms with Gasteiger partial charge in [0.15, 0.2) is 0 Å². The molecule has 2 rings (SSSR count). The summed E-state index contributed by atoms with van der Waals surface area (Å²) in [5, 5.41) is 3.58. The van der Waals surface area contributed by atoms with Crippen molar-refractivity contribution in [2.24, 2.45) is 5.41 Å². The van der Waals surface area contributed by atoms with Gasteiger partial charge in [-0.3, -0.25) is 4.72 Å². The second-order valence-corrected chi connectivity index (χ2v) is 8.13. The second-order valence-electron chi connectivity index (χ2n) is 6.38. The topological polar surface area (TPSA) is 58.2 Å². The van der Waals surface area contributed by atoms with Crippen LogP contribution in [0.25, 0.3) is 0 Å². The number of sulfonamides is 1. The van der Waals surface area contributed by atoms with Crippen molar-refractivity contribution in [1.29, 1.82) is 0 Å². The van der Waals surface area contributed by atoms with Crippen LogP contribution in [0, 0.1) is 5.41 Å². The molecule has 1 atom stereocenters. The van der Waals surface area contributed by atoms with Gasteiger partial charge in [-0.05, 0) is 42.5 Å². The standard InChI is InChI=1S/C15H24N2O2S/c1-15(2)11-5-4-6-14(15)16-12-7-9-13(10-8-12)17-20(3,18)19/h7-10,14,16-17H,4-6,11H2,1-3H3. The lowest BCUT2D eigenvalue weighted by molar-refractivity contribution is 0.217. The largest absolute Gasteiger partial charge is 0.382 e. The van der Waals surface area contributed by atoms with Gasteiger partial charge in [-0.1, -0.05) is 26.7 Å². The highest BCUT2D eigenvalue weighted by molar-refractivity contribution is 7.92. The van der Waals surface area contributed by atoms with Crippen LogP contribution in [0.2, 0.25) is 0 Å². The fourth-order valence-corrected chi connectivity index (χ4v) is 3.38. The van der Waals surface area contributed by atoms with E-state index in [1.54, 1.807) is 12.1 Å². The van der Waals surface area contributed by atoms with E-state index in [4.69, 9.17) is 0 Å². The quantitative estimate of drug-likeness (QED) is 0.895. The van der Waals surface area contributed by atoms with Crippen LogP contribution in [0.3, 0.4) is 0 Å². The SMILES string of the molecule is CC1(C)CCCCC1Nc1ccc(NS(C)(=O)=O)cc1. The van der Waals surface area contributed by atoms with Gasteiger partial charge in [-0.25, -0.2) is 8.42 Å². The number of hydrogen-bond donors (Lipinski definition) is 2. The number of nitrogens with one attached hydrogen (secondary N) is 2. The molecular formula is C15H24N2O2S. The van der Waals surface area contributed by atoms with Crippen molar-refractivity contribution < 1.29 is 8.42 Å². The first-order valence-corrected chi connectivity index (χ1v) is 9.00. The fourth-order valence-electron chi connectivity index (χ4n) is 2.81. The summed E-state index contributed by atoms with van der Waals surface area (Å²) in [6.07, 6.45) is 6.18. The molecule has 1 aromatic carbocycles. The van der Waals surface area contributed by atoms with Gasteiger partial charge in [-0.2, -0.15) is 0 Å². The zero-order chi connectivity index (χ0) is 14.8. The minimum Gasteiger partial charge on any atom is -0.382 e. The van der Waals surface area contributed by atoms with E-state index in [1.807, 2.05) is 12.1 Å². The summed E-state index contributed by atoms with van der Waals surface area (Å²) < 4.78 is 24.8. The van der Waals surface area contributed by atoms with Crippen LogP contribution in [0.1, 0.15) is 39.5 Å². The summed E-state index contributed by atoms with van der Waals surface area (Å²) in [7, 11) is -3.21. The summed E-state index contributed by atoms with van der Waals surface area (Å²) in [4.78, 5) is 0. The molecule has 0 spiro atoms. The van der Waals surface area contributed by atoms with Crippen LogP contribution < -0.4 is 10.0 Å². The number of rotatable bonds is 4. The van der Waals surface area contributed by atoms with Gasteiger partial charge < -0.3 is 5.32 Å². The van der Waals surface area contributed by atoms with Crippen molar-refractivity contribution in [3.05, 3.63) is 24.3 Å². The highest BCUT2D eigenvalue weighted by Crippen LogP contribution is 2.37. The van der Waals surface area contributed by atoms with Gasteiger partial charge in [0.1, 0.15) is 0 Å². The molecule has 0 bridgehead atoms. The van der Waals surface area contributed by atoms with Crippen molar-refractivity contribution in [2.75, 3.05) is 16.3 Å². The van der Waals surface area contributed by atoms with Crippen molar-refractivity contribution in [3.63, 3.8) is 0 Å². The lowest BCUT2D eigenvalue weighted by Gasteiger charge is -2.39. The molecule has 20 heavy (non-hydrogen) atoms. The molecule has 0 saturated heterocycles. The molecule has 1 unspecified atom stereocenters. The van der Waals surface area contributed by atoms with Crippen LogP contribution in [-0.2, 0) is 10.0 Å². The van der Waals surface area contributed by atoms with E-state index >= 15 is 0 Å². The highest BCUT2D eigenvalue weighted by Gasteiger charge is 2.31. The molecule has 1 saturated carbocycles. The summed E-state index contributed by atoms with van der Waals surface area (Å²) in [6, 6.07) is 7.92. The smallest absolute Gasteiger partial charge is 0.229 e. The first-order valence-electron chi connectivity index (χ1n) is 7.11. The van der Waals surface area contributed by atoms with Gasteiger partial charge in [-0.15, -0.1) is 0 Å². The highest BCUT2D eigenvalue weighted by atomic mass is 32.2. The third kappa shape index (κ3) is 4.13. The molecule has 112 valence electrons. The Morgan fingerprint density at radius 3 is 2.25 bits per heavy atom. The monoisotopic (exact) mass is 296 g/mol. The minimum atomic E-state index is -3.21. The molecule has 1 fully saturated rings. The molecule has 4 nitrogen and oxygen atoms in total. The van der Waals surface area contributed by atoms with E-state index in [0.29, 0.717) is 17.1 Å².